The molecular formula is C24H29ClN4O4S. The quantitative estimate of drug-likeness (QED) is 0.514. The number of imidazole rings is 1. The molecule has 0 aliphatic carbocycles. The van der Waals surface area contributed by atoms with E-state index < -0.39 is 15.7 Å². The first kappa shape index (κ1) is 25.7. The Balaban J connectivity index is 0.00000324. The summed E-state index contributed by atoms with van der Waals surface area (Å²) in [6, 6.07) is 13.6. The van der Waals surface area contributed by atoms with Gasteiger partial charge in [0.05, 0.1) is 23.3 Å². The number of nitrogens with zero attached hydrogens (tertiary/aromatic N) is 2. The molecule has 0 saturated carbocycles. The molecule has 2 N–H and O–H groups in total. The van der Waals surface area contributed by atoms with Crippen molar-refractivity contribution >= 4 is 34.0 Å². The number of aromatic nitrogens is 2. The second-order valence-electron chi connectivity index (χ2n) is 8.77. The lowest BCUT2D eigenvalue weighted by Crippen LogP contribution is -2.42. The lowest BCUT2D eigenvalue weighted by atomic mass is 10.1. The Hall–Kier alpha value is -2.88. The van der Waals surface area contributed by atoms with Crippen LogP contribution in [0.25, 0.3) is 11.3 Å². The highest BCUT2D eigenvalue weighted by Crippen LogP contribution is 2.34. The molecule has 1 amide bonds. The third-order valence-corrected chi connectivity index (χ3v) is 7.33. The molecule has 2 heterocycles. The number of hydrogen-bond acceptors (Lipinski definition) is 5. The minimum absolute atomic E-state index is 0. The minimum Gasteiger partial charge on any atom is -0.308 e. The number of carbonyl (C=O) groups excluding carboxylic acids is 1. The number of amides is 1. The van der Waals surface area contributed by atoms with Crippen LogP contribution in [-0.2, 0) is 21.2 Å². The van der Waals surface area contributed by atoms with E-state index >= 15 is 0 Å². The van der Waals surface area contributed by atoms with E-state index in [1.54, 1.807) is 29.2 Å². The van der Waals surface area contributed by atoms with Gasteiger partial charge in [0, 0.05) is 11.7 Å². The van der Waals surface area contributed by atoms with Gasteiger partial charge in [-0.2, -0.15) is 3.97 Å². The van der Waals surface area contributed by atoms with Crippen LogP contribution < -0.4 is 15.9 Å². The molecule has 3 aromatic rings. The van der Waals surface area contributed by atoms with Crippen molar-refractivity contribution < 1.29 is 13.2 Å². The largest absolute Gasteiger partial charge is 0.340 e. The summed E-state index contributed by atoms with van der Waals surface area (Å²) in [6.07, 6.45) is 1.85. The first-order valence-corrected chi connectivity index (χ1v) is 12.4. The summed E-state index contributed by atoms with van der Waals surface area (Å²) in [5.41, 5.74) is 1.89. The first-order chi connectivity index (χ1) is 15.7. The molecule has 0 radical (unpaired) electrons. The highest BCUT2D eigenvalue weighted by atomic mass is 35.5. The number of aromatic amines is 1. The van der Waals surface area contributed by atoms with E-state index in [9.17, 15) is 18.0 Å². The molecule has 34 heavy (non-hydrogen) atoms. The number of benzene rings is 2. The fourth-order valence-corrected chi connectivity index (χ4v) is 5.40. The molecule has 1 atom stereocenters. The van der Waals surface area contributed by atoms with Gasteiger partial charge >= 0.3 is 5.69 Å². The maximum absolute atomic E-state index is 13.3. The summed E-state index contributed by atoms with van der Waals surface area (Å²) >= 11 is 0. The van der Waals surface area contributed by atoms with Crippen molar-refractivity contribution in [1.29, 1.82) is 0 Å². The molecule has 0 fully saturated rings. The Labute approximate surface area is 205 Å². The fraction of sp³-hybridized carbons (Fsp3) is 0.333. The van der Waals surface area contributed by atoms with Gasteiger partial charge in [0.2, 0.25) is 5.91 Å². The minimum atomic E-state index is -4.10. The number of anilines is 1. The standard InChI is InChI=1S/C24H28N4O4S.ClH/c1-16(2)13-25-14-23(29)28-17(3)11-19-12-20(9-10-22(19)28)33(31,32)27-15-21(26-24(27)30)18-7-5-4-6-8-18;/h4-10,12,15-17,25H,11,13-14H2,1-3H3,(H,26,30);1H. The number of carbonyl (C=O) groups is 1. The average molecular weight is 505 g/mol. The predicted octanol–water partition coefficient (Wildman–Crippen LogP) is 3.03. The van der Waals surface area contributed by atoms with Crippen LogP contribution in [0.3, 0.4) is 0 Å². The van der Waals surface area contributed by atoms with Gasteiger partial charge in [-0.05, 0) is 55.1 Å². The number of fused-ring (bicyclic) bond motifs is 1. The molecule has 182 valence electrons. The van der Waals surface area contributed by atoms with Gasteiger partial charge in [-0.25, -0.2) is 13.2 Å². The second kappa shape index (κ2) is 10.2. The van der Waals surface area contributed by atoms with Crippen molar-refractivity contribution in [3.63, 3.8) is 0 Å². The van der Waals surface area contributed by atoms with Crippen molar-refractivity contribution in [2.75, 3.05) is 18.0 Å². The van der Waals surface area contributed by atoms with E-state index in [4.69, 9.17) is 0 Å². The fourth-order valence-electron chi connectivity index (χ4n) is 4.14. The van der Waals surface area contributed by atoms with E-state index in [0.717, 1.165) is 16.1 Å². The molecule has 0 spiro atoms. The van der Waals surface area contributed by atoms with Crippen molar-refractivity contribution in [2.24, 2.45) is 5.92 Å². The van der Waals surface area contributed by atoms with Gasteiger partial charge in [0.15, 0.2) is 0 Å². The maximum Gasteiger partial charge on any atom is 0.340 e. The highest BCUT2D eigenvalue weighted by molar-refractivity contribution is 7.90. The zero-order valence-electron chi connectivity index (χ0n) is 19.3. The van der Waals surface area contributed by atoms with Crippen LogP contribution in [0.15, 0.2) is 64.4 Å². The van der Waals surface area contributed by atoms with Crippen LogP contribution in [0.5, 0.6) is 0 Å². The molecule has 0 bridgehead atoms. The monoisotopic (exact) mass is 504 g/mol. The molecule has 2 aromatic carbocycles. The molecule has 0 saturated heterocycles. The SMILES string of the molecule is CC(C)CNCC(=O)N1c2ccc(S(=O)(=O)n3cc(-c4ccccc4)[nH]c3=O)cc2CC1C.Cl. The van der Waals surface area contributed by atoms with Gasteiger partial charge in [0.25, 0.3) is 10.0 Å². The van der Waals surface area contributed by atoms with Crippen molar-refractivity contribution in [2.45, 2.75) is 38.1 Å². The Morgan fingerprint density at radius 1 is 1.18 bits per heavy atom. The van der Waals surface area contributed by atoms with Gasteiger partial charge < -0.3 is 15.2 Å². The molecule has 8 nitrogen and oxygen atoms in total. The van der Waals surface area contributed by atoms with Crippen LogP contribution in [-0.4, -0.2) is 42.4 Å². The lowest BCUT2D eigenvalue weighted by Gasteiger charge is -2.23. The van der Waals surface area contributed by atoms with Gasteiger partial charge in [-0.1, -0.05) is 44.2 Å². The highest BCUT2D eigenvalue weighted by Gasteiger charge is 2.32. The van der Waals surface area contributed by atoms with Gasteiger partial charge in [-0.15, -0.1) is 12.4 Å². The van der Waals surface area contributed by atoms with Crippen LogP contribution in [0.1, 0.15) is 26.3 Å². The van der Waals surface area contributed by atoms with Crippen molar-refractivity contribution in [3.8, 4) is 11.3 Å². The van der Waals surface area contributed by atoms with Crippen LogP contribution in [0, 0.1) is 5.92 Å². The molecule has 1 aliphatic heterocycles. The summed E-state index contributed by atoms with van der Waals surface area (Å²) in [6.45, 7) is 7.06. The zero-order chi connectivity index (χ0) is 23.8. The molecule has 10 heteroatoms. The first-order valence-electron chi connectivity index (χ1n) is 11.0. The van der Waals surface area contributed by atoms with E-state index in [2.05, 4.69) is 24.1 Å². The molecule has 1 unspecified atom stereocenters. The number of rotatable bonds is 7. The van der Waals surface area contributed by atoms with E-state index in [1.165, 1.54) is 12.3 Å². The van der Waals surface area contributed by atoms with E-state index in [1.807, 2.05) is 25.1 Å². The molecule has 1 aromatic heterocycles. The summed E-state index contributed by atoms with van der Waals surface area (Å²) in [5.74, 6) is 0.389. The Bertz CT molecular complexity index is 1330. The Kier molecular flexibility index (Phi) is 7.70. The zero-order valence-corrected chi connectivity index (χ0v) is 20.9. The summed E-state index contributed by atoms with van der Waals surface area (Å²) < 4.78 is 27.2. The third-order valence-electron chi connectivity index (χ3n) is 5.69. The second-order valence-corrected chi connectivity index (χ2v) is 10.6. The van der Waals surface area contributed by atoms with Crippen LogP contribution in [0.4, 0.5) is 5.69 Å². The van der Waals surface area contributed by atoms with Gasteiger partial charge in [0.1, 0.15) is 0 Å². The van der Waals surface area contributed by atoms with Crippen LogP contribution >= 0.6 is 12.4 Å². The van der Waals surface area contributed by atoms with Crippen molar-refractivity contribution in [1.82, 2.24) is 14.3 Å². The topological polar surface area (TPSA) is 104 Å². The summed E-state index contributed by atoms with van der Waals surface area (Å²) in [4.78, 5) is 29.6. The Morgan fingerprint density at radius 3 is 2.56 bits per heavy atom. The smallest absolute Gasteiger partial charge is 0.308 e. The number of nitrogens with one attached hydrogen (secondary N) is 2. The summed E-state index contributed by atoms with van der Waals surface area (Å²) in [5, 5.41) is 3.16. The maximum atomic E-state index is 13.3. The van der Waals surface area contributed by atoms with Crippen molar-refractivity contribution in [3.05, 3.63) is 70.8 Å². The predicted molar refractivity (Wildman–Crippen MR) is 135 cm³/mol. The Morgan fingerprint density at radius 2 is 1.88 bits per heavy atom. The average Bonchev–Trinajstić information content (AvgIpc) is 3.33. The van der Waals surface area contributed by atoms with E-state index in [0.29, 0.717) is 29.3 Å². The molecule has 1 aliphatic rings. The molecule has 4 rings (SSSR count). The van der Waals surface area contributed by atoms with E-state index in [-0.39, 0.29) is 35.8 Å². The van der Waals surface area contributed by atoms with Gasteiger partial charge in [-0.3, -0.25) is 4.79 Å². The number of hydrogen-bond donors (Lipinski definition) is 2. The van der Waals surface area contributed by atoms with Crippen LogP contribution in [0.2, 0.25) is 0 Å². The molecular weight excluding hydrogens is 476 g/mol. The summed E-state index contributed by atoms with van der Waals surface area (Å²) in [7, 11) is -4.10. The number of H-pyrrole nitrogens is 1. The normalized spacial score (nSPS) is 15.3. The number of halogens is 1. The third kappa shape index (κ3) is 4.96. The lowest BCUT2D eigenvalue weighted by molar-refractivity contribution is -0.118.